The van der Waals surface area contributed by atoms with E-state index in [0.29, 0.717) is 11.3 Å². The van der Waals surface area contributed by atoms with E-state index in [4.69, 9.17) is 5.73 Å². The Morgan fingerprint density at radius 3 is 2.64 bits per heavy atom. The fourth-order valence-electron chi connectivity index (χ4n) is 2.70. The second-order valence-corrected chi connectivity index (χ2v) is 5.89. The van der Waals surface area contributed by atoms with E-state index in [0.717, 1.165) is 25.7 Å². The number of rotatable bonds is 3. The van der Waals surface area contributed by atoms with E-state index < -0.39 is 0 Å². The maximum atomic E-state index is 12.3. The Hall–Kier alpha value is -1.59. The van der Waals surface area contributed by atoms with Crippen LogP contribution in [0.1, 0.15) is 36.0 Å². The van der Waals surface area contributed by atoms with Gasteiger partial charge in [-0.05, 0) is 37.5 Å². The molecule has 0 radical (unpaired) electrons. The monoisotopic (exact) mass is 325 g/mol. The van der Waals surface area contributed by atoms with Gasteiger partial charge in [0, 0.05) is 37.3 Å². The summed E-state index contributed by atoms with van der Waals surface area (Å²) in [6, 6.07) is 7.15. The number of hydrogen-bond acceptors (Lipinski definition) is 3. The van der Waals surface area contributed by atoms with Crippen LogP contribution in [0.5, 0.6) is 0 Å². The fourth-order valence-corrected chi connectivity index (χ4v) is 2.70. The van der Waals surface area contributed by atoms with Crippen molar-refractivity contribution in [3.05, 3.63) is 29.8 Å². The molecule has 0 aromatic heterocycles. The molecule has 0 bridgehead atoms. The Morgan fingerprint density at radius 2 is 2.00 bits per heavy atom. The molecule has 2 rings (SSSR count). The van der Waals surface area contributed by atoms with Crippen LogP contribution in [0.4, 0.5) is 5.69 Å². The molecule has 0 saturated heterocycles. The van der Waals surface area contributed by atoms with Gasteiger partial charge in [-0.1, -0.05) is 12.5 Å². The molecule has 1 fully saturated rings. The number of anilines is 1. The zero-order valence-corrected chi connectivity index (χ0v) is 13.9. The lowest BCUT2D eigenvalue weighted by molar-refractivity contribution is -0.120. The number of nitrogens with one attached hydrogen (secondary N) is 1. The summed E-state index contributed by atoms with van der Waals surface area (Å²) < 4.78 is 0. The number of nitrogens with two attached hydrogens (primary N) is 1. The van der Waals surface area contributed by atoms with Crippen LogP contribution >= 0.6 is 12.4 Å². The highest BCUT2D eigenvalue weighted by molar-refractivity contribution is 5.97. The summed E-state index contributed by atoms with van der Waals surface area (Å²) in [5.74, 6) is -0.104. The molecule has 1 saturated carbocycles. The number of halogens is 1. The maximum Gasteiger partial charge on any atom is 0.253 e. The Balaban J connectivity index is 0.00000242. The molecule has 6 heteroatoms. The molecular weight excluding hydrogens is 302 g/mol. The van der Waals surface area contributed by atoms with Crippen LogP contribution in [0.3, 0.4) is 0 Å². The smallest absolute Gasteiger partial charge is 0.253 e. The van der Waals surface area contributed by atoms with E-state index in [-0.39, 0.29) is 36.2 Å². The zero-order chi connectivity index (χ0) is 15.4. The SMILES string of the molecule is CN(C)C(=O)c1cccc(NC(=O)C2CCCC(N)C2)c1.Cl. The molecule has 0 aliphatic heterocycles. The van der Waals surface area contributed by atoms with Crippen molar-refractivity contribution in [1.29, 1.82) is 0 Å². The van der Waals surface area contributed by atoms with Crippen LogP contribution in [-0.4, -0.2) is 36.9 Å². The van der Waals surface area contributed by atoms with Gasteiger partial charge in [0.1, 0.15) is 0 Å². The second kappa shape index (κ2) is 8.15. The van der Waals surface area contributed by atoms with Crippen molar-refractivity contribution < 1.29 is 9.59 Å². The predicted octanol–water partition coefficient (Wildman–Crippen LogP) is 2.27. The Labute approximate surface area is 137 Å². The molecule has 2 atom stereocenters. The van der Waals surface area contributed by atoms with Crippen molar-refractivity contribution in [1.82, 2.24) is 4.90 Å². The van der Waals surface area contributed by atoms with Crippen LogP contribution < -0.4 is 11.1 Å². The van der Waals surface area contributed by atoms with Crippen molar-refractivity contribution in [2.24, 2.45) is 11.7 Å². The van der Waals surface area contributed by atoms with Gasteiger partial charge in [0.05, 0.1) is 0 Å². The van der Waals surface area contributed by atoms with E-state index in [9.17, 15) is 9.59 Å². The van der Waals surface area contributed by atoms with Gasteiger partial charge < -0.3 is 16.0 Å². The normalized spacial score (nSPS) is 20.7. The molecule has 22 heavy (non-hydrogen) atoms. The summed E-state index contributed by atoms with van der Waals surface area (Å²) in [5.41, 5.74) is 7.15. The first-order valence-corrected chi connectivity index (χ1v) is 7.35. The summed E-state index contributed by atoms with van der Waals surface area (Å²) in [6.45, 7) is 0. The molecule has 122 valence electrons. The quantitative estimate of drug-likeness (QED) is 0.895. The molecule has 0 heterocycles. The van der Waals surface area contributed by atoms with E-state index in [1.54, 1.807) is 38.4 Å². The number of amides is 2. The average molecular weight is 326 g/mol. The summed E-state index contributed by atoms with van der Waals surface area (Å²) in [5, 5.41) is 2.90. The van der Waals surface area contributed by atoms with Gasteiger partial charge in [0.25, 0.3) is 5.91 Å². The molecule has 2 unspecified atom stereocenters. The van der Waals surface area contributed by atoms with Crippen molar-refractivity contribution in [3.63, 3.8) is 0 Å². The van der Waals surface area contributed by atoms with Gasteiger partial charge in [-0.3, -0.25) is 9.59 Å². The van der Waals surface area contributed by atoms with Gasteiger partial charge in [0.2, 0.25) is 5.91 Å². The Kier molecular flexibility index (Phi) is 6.84. The standard InChI is InChI=1S/C16H23N3O2.ClH/c1-19(2)16(21)12-6-4-8-14(10-12)18-15(20)11-5-3-7-13(17)9-11;/h4,6,8,10-11,13H,3,5,7,9,17H2,1-2H3,(H,18,20);1H. The maximum absolute atomic E-state index is 12.3. The summed E-state index contributed by atoms with van der Waals surface area (Å²) in [4.78, 5) is 25.7. The minimum Gasteiger partial charge on any atom is -0.345 e. The zero-order valence-electron chi connectivity index (χ0n) is 13.0. The summed E-state index contributed by atoms with van der Waals surface area (Å²) in [7, 11) is 3.41. The lowest BCUT2D eigenvalue weighted by Gasteiger charge is -2.25. The molecule has 3 N–H and O–H groups in total. The Morgan fingerprint density at radius 1 is 1.27 bits per heavy atom. The number of benzene rings is 1. The predicted molar refractivity (Wildman–Crippen MR) is 90.3 cm³/mol. The molecule has 5 nitrogen and oxygen atoms in total. The van der Waals surface area contributed by atoms with Crippen molar-refractivity contribution in [2.75, 3.05) is 19.4 Å². The first kappa shape index (κ1) is 18.5. The Bertz CT molecular complexity index is 534. The largest absolute Gasteiger partial charge is 0.345 e. The minimum atomic E-state index is -0.0780. The molecular formula is C16H24ClN3O2. The van der Waals surface area contributed by atoms with Crippen LogP contribution in [0.15, 0.2) is 24.3 Å². The number of hydrogen-bond donors (Lipinski definition) is 2. The van der Waals surface area contributed by atoms with E-state index >= 15 is 0 Å². The lowest BCUT2D eigenvalue weighted by atomic mass is 9.85. The fraction of sp³-hybridized carbons (Fsp3) is 0.500. The van der Waals surface area contributed by atoms with Crippen molar-refractivity contribution in [2.45, 2.75) is 31.7 Å². The molecule has 1 aliphatic carbocycles. The molecule has 1 aromatic carbocycles. The van der Waals surface area contributed by atoms with Gasteiger partial charge in [-0.15, -0.1) is 12.4 Å². The first-order chi connectivity index (χ1) is 9.97. The summed E-state index contributed by atoms with van der Waals surface area (Å²) in [6.07, 6.45) is 3.62. The van der Waals surface area contributed by atoms with E-state index in [2.05, 4.69) is 5.32 Å². The summed E-state index contributed by atoms with van der Waals surface area (Å²) >= 11 is 0. The van der Waals surface area contributed by atoms with Crippen LogP contribution in [-0.2, 0) is 4.79 Å². The molecule has 2 amide bonds. The average Bonchev–Trinajstić information content (AvgIpc) is 2.46. The minimum absolute atomic E-state index is 0. The van der Waals surface area contributed by atoms with Crippen LogP contribution in [0.2, 0.25) is 0 Å². The third kappa shape index (κ3) is 4.71. The highest BCUT2D eigenvalue weighted by atomic mass is 35.5. The highest BCUT2D eigenvalue weighted by Crippen LogP contribution is 2.24. The number of nitrogens with zero attached hydrogens (tertiary/aromatic N) is 1. The molecule has 0 spiro atoms. The number of carbonyl (C=O) groups is 2. The van der Waals surface area contributed by atoms with Gasteiger partial charge in [-0.25, -0.2) is 0 Å². The van der Waals surface area contributed by atoms with Gasteiger partial charge >= 0.3 is 0 Å². The van der Waals surface area contributed by atoms with E-state index in [1.165, 1.54) is 4.90 Å². The topological polar surface area (TPSA) is 75.4 Å². The second-order valence-electron chi connectivity index (χ2n) is 5.89. The van der Waals surface area contributed by atoms with Gasteiger partial charge in [0.15, 0.2) is 0 Å². The molecule has 1 aliphatic rings. The highest BCUT2D eigenvalue weighted by Gasteiger charge is 2.25. The van der Waals surface area contributed by atoms with E-state index in [1.807, 2.05) is 0 Å². The molecule has 1 aromatic rings. The third-order valence-electron chi connectivity index (χ3n) is 3.87. The third-order valence-corrected chi connectivity index (χ3v) is 3.87. The van der Waals surface area contributed by atoms with Crippen molar-refractivity contribution in [3.8, 4) is 0 Å². The van der Waals surface area contributed by atoms with Crippen LogP contribution in [0.25, 0.3) is 0 Å². The van der Waals surface area contributed by atoms with Crippen LogP contribution in [0, 0.1) is 5.92 Å². The van der Waals surface area contributed by atoms with Crippen molar-refractivity contribution >= 4 is 29.9 Å². The number of carbonyl (C=O) groups excluding carboxylic acids is 2. The van der Waals surface area contributed by atoms with Gasteiger partial charge in [-0.2, -0.15) is 0 Å². The lowest BCUT2D eigenvalue weighted by Crippen LogP contribution is -2.34. The first-order valence-electron chi connectivity index (χ1n) is 7.35.